The summed E-state index contributed by atoms with van der Waals surface area (Å²) in [6, 6.07) is 2.44. The molecule has 0 aliphatic carbocycles. The summed E-state index contributed by atoms with van der Waals surface area (Å²) in [5.41, 5.74) is 0.0776. The number of piperidine rings is 1. The topological polar surface area (TPSA) is 50.7 Å². The van der Waals surface area contributed by atoms with Gasteiger partial charge in [0.1, 0.15) is 0 Å². The average Bonchev–Trinajstić information content (AvgIpc) is 3.01. The Kier molecular flexibility index (Phi) is 3.98. The molecule has 0 N–H and O–H groups in total. The van der Waals surface area contributed by atoms with E-state index in [1.165, 1.54) is 0 Å². The molecule has 0 aromatic carbocycles. The van der Waals surface area contributed by atoms with E-state index < -0.39 is 0 Å². The smallest absolute Gasteiger partial charge is 0.225 e. The molecular formula is C16H24N4O2. The Bertz CT molecular complexity index is 484. The number of morpholine rings is 1. The zero-order valence-corrected chi connectivity index (χ0v) is 13.0. The first-order valence-corrected chi connectivity index (χ1v) is 8.32. The van der Waals surface area contributed by atoms with Gasteiger partial charge < -0.3 is 14.4 Å². The molecule has 0 amide bonds. The van der Waals surface area contributed by atoms with E-state index in [-0.39, 0.29) is 5.60 Å². The molecule has 6 heteroatoms. The molecule has 0 bridgehead atoms. The Morgan fingerprint density at radius 3 is 2.50 bits per heavy atom. The number of nitrogens with zero attached hydrogens (tertiary/aromatic N) is 4. The second kappa shape index (κ2) is 6.10. The van der Waals surface area contributed by atoms with Crippen LogP contribution in [0.2, 0.25) is 0 Å². The van der Waals surface area contributed by atoms with Crippen molar-refractivity contribution in [2.75, 3.05) is 50.9 Å². The van der Waals surface area contributed by atoms with Crippen LogP contribution in [0.25, 0.3) is 0 Å². The second-order valence-corrected chi connectivity index (χ2v) is 6.54. The largest absolute Gasteiger partial charge is 0.379 e. The van der Waals surface area contributed by atoms with Crippen LogP contribution < -0.4 is 4.90 Å². The molecule has 3 aliphatic rings. The Balaban J connectivity index is 1.35. The minimum atomic E-state index is 0.0776. The van der Waals surface area contributed by atoms with Crippen LogP contribution in [0.15, 0.2) is 18.5 Å². The first kappa shape index (κ1) is 14.4. The van der Waals surface area contributed by atoms with Gasteiger partial charge in [0.15, 0.2) is 0 Å². The van der Waals surface area contributed by atoms with Crippen molar-refractivity contribution in [1.82, 2.24) is 14.9 Å². The van der Waals surface area contributed by atoms with Crippen molar-refractivity contribution in [2.24, 2.45) is 0 Å². The van der Waals surface area contributed by atoms with E-state index in [0.717, 1.165) is 71.2 Å². The summed E-state index contributed by atoms with van der Waals surface area (Å²) in [7, 11) is 0. The number of hydrogen-bond acceptors (Lipinski definition) is 6. The van der Waals surface area contributed by atoms with Crippen LogP contribution in [0.1, 0.15) is 19.3 Å². The lowest BCUT2D eigenvalue weighted by Crippen LogP contribution is -2.47. The first-order chi connectivity index (χ1) is 10.8. The molecule has 1 aromatic heterocycles. The van der Waals surface area contributed by atoms with Crippen LogP contribution >= 0.6 is 0 Å². The number of aromatic nitrogens is 2. The van der Waals surface area contributed by atoms with Crippen molar-refractivity contribution in [2.45, 2.75) is 30.9 Å². The maximum Gasteiger partial charge on any atom is 0.225 e. The molecular weight excluding hydrogens is 280 g/mol. The van der Waals surface area contributed by atoms with Gasteiger partial charge in [-0.1, -0.05) is 0 Å². The van der Waals surface area contributed by atoms with E-state index in [9.17, 15) is 0 Å². The third-order valence-electron chi connectivity index (χ3n) is 5.26. The standard InChI is InChI=1S/C16H24N4O2/c1-4-17-15(18-5-1)20-6-2-16(3-7-20)12-14(13-22-16)19-8-10-21-11-9-19/h1,4-5,14H,2-3,6-13H2/t14-/m0/s1. The summed E-state index contributed by atoms with van der Waals surface area (Å²) in [6.07, 6.45) is 6.94. The van der Waals surface area contributed by atoms with E-state index in [1.54, 1.807) is 0 Å². The molecule has 120 valence electrons. The van der Waals surface area contributed by atoms with E-state index in [1.807, 2.05) is 18.5 Å². The molecule has 4 heterocycles. The fraction of sp³-hybridized carbons (Fsp3) is 0.750. The van der Waals surface area contributed by atoms with Gasteiger partial charge in [0, 0.05) is 44.6 Å². The molecule has 1 atom stereocenters. The number of rotatable bonds is 2. The molecule has 1 spiro atoms. The maximum atomic E-state index is 6.28. The lowest BCUT2D eigenvalue weighted by atomic mass is 9.87. The van der Waals surface area contributed by atoms with Gasteiger partial charge in [0.2, 0.25) is 5.95 Å². The van der Waals surface area contributed by atoms with Gasteiger partial charge in [-0.2, -0.15) is 0 Å². The van der Waals surface area contributed by atoms with Gasteiger partial charge in [-0.3, -0.25) is 4.90 Å². The summed E-state index contributed by atoms with van der Waals surface area (Å²) in [6.45, 7) is 6.68. The SMILES string of the molecule is c1cnc(N2CCC3(CC2)C[C@H](N2CCOCC2)CO3)nc1. The Labute approximate surface area is 131 Å². The van der Waals surface area contributed by atoms with Crippen molar-refractivity contribution in [1.29, 1.82) is 0 Å². The molecule has 3 fully saturated rings. The van der Waals surface area contributed by atoms with Crippen LogP contribution in [0.3, 0.4) is 0 Å². The lowest BCUT2D eigenvalue weighted by molar-refractivity contribution is -0.0184. The third-order valence-corrected chi connectivity index (χ3v) is 5.26. The van der Waals surface area contributed by atoms with Crippen LogP contribution in [0, 0.1) is 0 Å². The molecule has 0 radical (unpaired) electrons. The zero-order chi connectivity index (χ0) is 14.8. The minimum absolute atomic E-state index is 0.0776. The molecule has 1 aromatic rings. The van der Waals surface area contributed by atoms with Crippen molar-refractivity contribution in [3.63, 3.8) is 0 Å². The summed E-state index contributed by atoms with van der Waals surface area (Å²) in [4.78, 5) is 13.5. The van der Waals surface area contributed by atoms with Gasteiger partial charge >= 0.3 is 0 Å². The highest BCUT2D eigenvalue weighted by Gasteiger charge is 2.44. The predicted octanol–water partition coefficient (Wildman–Crippen LogP) is 0.937. The summed E-state index contributed by atoms with van der Waals surface area (Å²) in [5.74, 6) is 0.847. The Morgan fingerprint density at radius 1 is 1.05 bits per heavy atom. The number of anilines is 1. The van der Waals surface area contributed by atoms with Gasteiger partial charge in [-0.25, -0.2) is 9.97 Å². The normalized spacial score (nSPS) is 29.1. The molecule has 0 unspecified atom stereocenters. The fourth-order valence-electron chi connectivity index (χ4n) is 3.91. The molecule has 0 saturated carbocycles. The van der Waals surface area contributed by atoms with E-state index in [2.05, 4.69) is 19.8 Å². The summed E-state index contributed by atoms with van der Waals surface area (Å²) < 4.78 is 11.7. The Hall–Kier alpha value is -1.24. The van der Waals surface area contributed by atoms with E-state index >= 15 is 0 Å². The van der Waals surface area contributed by atoms with Gasteiger partial charge in [-0.05, 0) is 25.3 Å². The Morgan fingerprint density at radius 2 is 1.77 bits per heavy atom. The fourth-order valence-corrected chi connectivity index (χ4v) is 3.91. The van der Waals surface area contributed by atoms with Crippen LogP contribution in [0.4, 0.5) is 5.95 Å². The lowest BCUT2D eigenvalue weighted by Gasteiger charge is -2.39. The average molecular weight is 304 g/mol. The third kappa shape index (κ3) is 2.83. The zero-order valence-electron chi connectivity index (χ0n) is 13.0. The monoisotopic (exact) mass is 304 g/mol. The van der Waals surface area contributed by atoms with Gasteiger partial charge in [0.25, 0.3) is 0 Å². The highest BCUT2D eigenvalue weighted by molar-refractivity contribution is 5.29. The molecule has 4 rings (SSSR count). The summed E-state index contributed by atoms with van der Waals surface area (Å²) >= 11 is 0. The van der Waals surface area contributed by atoms with E-state index in [4.69, 9.17) is 9.47 Å². The molecule has 22 heavy (non-hydrogen) atoms. The predicted molar refractivity (Wildman–Crippen MR) is 83.0 cm³/mol. The quantitative estimate of drug-likeness (QED) is 0.810. The van der Waals surface area contributed by atoms with Crippen molar-refractivity contribution in [3.8, 4) is 0 Å². The first-order valence-electron chi connectivity index (χ1n) is 8.32. The van der Waals surface area contributed by atoms with Crippen LogP contribution in [0.5, 0.6) is 0 Å². The maximum absolute atomic E-state index is 6.28. The number of ether oxygens (including phenoxy) is 2. The molecule has 3 aliphatic heterocycles. The highest BCUT2D eigenvalue weighted by atomic mass is 16.5. The van der Waals surface area contributed by atoms with Gasteiger partial charge in [-0.15, -0.1) is 0 Å². The van der Waals surface area contributed by atoms with Crippen molar-refractivity contribution >= 4 is 5.95 Å². The summed E-state index contributed by atoms with van der Waals surface area (Å²) in [5, 5.41) is 0. The van der Waals surface area contributed by atoms with Gasteiger partial charge in [0.05, 0.1) is 25.4 Å². The molecule has 3 saturated heterocycles. The molecule has 6 nitrogen and oxygen atoms in total. The van der Waals surface area contributed by atoms with Crippen molar-refractivity contribution < 1.29 is 9.47 Å². The van der Waals surface area contributed by atoms with Crippen molar-refractivity contribution in [3.05, 3.63) is 18.5 Å². The number of hydrogen-bond donors (Lipinski definition) is 0. The highest BCUT2D eigenvalue weighted by Crippen LogP contribution is 2.38. The van der Waals surface area contributed by atoms with Crippen LogP contribution in [-0.2, 0) is 9.47 Å². The minimum Gasteiger partial charge on any atom is -0.379 e. The van der Waals surface area contributed by atoms with E-state index in [0.29, 0.717) is 6.04 Å². The van der Waals surface area contributed by atoms with Crippen LogP contribution in [-0.4, -0.2) is 72.5 Å². The second-order valence-electron chi connectivity index (χ2n) is 6.54.